The summed E-state index contributed by atoms with van der Waals surface area (Å²) in [5.41, 5.74) is 28.7. The maximum atomic E-state index is 4.11. The third kappa shape index (κ3) is 23.7. The number of aromatic nitrogens is 6. The van der Waals surface area contributed by atoms with Crippen LogP contribution in [0, 0.1) is 0 Å². The Bertz CT molecular complexity index is 6020. The number of hydrogen-bond donors (Lipinski definition) is 0. The van der Waals surface area contributed by atoms with Gasteiger partial charge < -0.3 is 46.4 Å². The zero-order valence-electron chi connectivity index (χ0n) is 72.9. The zero-order chi connectivity index (χ0) is 86.9. The normalized spacial score (nSPS) is 11.7. The number of aryl methyl sites for hydroxylation is 5. The van der Waals surface area contributed by atoms with Gasteiger partial charge in [0.1, 0.15) is 19.6 Å². The fourth-order valence-electron chi connectivity index (χ4n) is 16.9. The van der Waals surface area contributed by atoms with Gasteiger partial charge >= 0.3 is 0 Å². The van der Waals surface area contributed by atoms with Gasteiger partial charge in [0.05, 0.1) is 68.2 Å². The SMILES string of the molecule is BrCCCCN1c2ccccc2N(c2ccccc2)c2ccccc21.BrCCCc1ccccc1.[Br-].c1cc(-c2ccncc2)ccn1.c1ccc(CCC[n+]2ccc(-c3cc[n+](CCCCN4c5ccccc5N(c5ccccc5)c5ccccc54)cc3)cc2)cc1.c1ccc(N2c3ccccc3N(CCCC[n+]3ccc(-c4ccncc4)cc3)c3ccccc32)cc1. The van der Waals surface area contributed by atoms with E-state index in [1.165, 1.54) is 156 Å². The van der Waals surface area contributed by atoms with Crippen molar-refractivity contribution < 1.29 is 30.7 Å². The average molecular weight is 1890 g/mol. The van der Waals surface area contributed by atoms with Gasteiger partial charge in [-0.15, -0.1) is 0 Å². The van der Waals surface area contributed by atoms with Crippen molar-refractivity contribution in [1.29, 1.82) is 0 Å². The molecule has 0 N–H and O–H groups in total. The summed E-state index contributed by atoms with van der Waals surface area (Å²) in [6.45, 7) is 6.02. The highest BCUT2D eigenvalue weighted by Gasteiger charge is 2.32. The highest BCUT2D eigenvalue weighted by atomic mass is 79.9. The molecule has 644 valence electrons. The van der Waals surface area contributed by atoms with E-state index in [1.54, 1.807) is 24.8 Å². The number of alkyl halides is 2. The van der Waals surface area contributed by atoms with Gasteiger partial charge in [-0.1, -0.05) is 220 Å². The van der Waals surface area contributed by atoms with Gasteiger partial charge in [0.15, 0.2) is 37.2 Å². The van der Waals surface area contributed by atoms with E-state index in [1.807, 2.05) is 48.8 Å². The molecule has 0 atom stereocenters. The van der Waals surface area contributed by atoms with Crippen LogP contribution in [0.4, 0.5) is 85.3 Å². The molecule has 0 aliphatic carbocycles. The van der Waals surface area contributed by atoms with Crippen molar-refractivity contribution in [2.24, 2.45) is 0 Å². The second kappa shape index (κ2) is 47.4. The van der Waals surface area contributed by atoms with Crippen molar-refractivity contribution >= 4 is 117 Å². The van der Waals surface area contributed by atoms with E-state index in [-0.39, 0.29) is 17.0 Å². The molecule has 20 rings (SSSR count). The zero-order valence-corrected chi connectivity index (χ0v) is 77.6. The van der Waals surface area contributed by atoms with Crippen LogP contribution in [-0.2, 0) is 32.5 Å². The molecule has 129 heavy (non-hydrogen) atoms. The highest BCUT2D eigenvalue weighted by Crippen LogP contribution is 2.54. The lowest BCUT2D eigenvalue weighted by molar-refractivity contribution is -0.697. The van der Waals surface area contributed by atoms with Crippen LogP contribution in [-0.4, -0.2) is 45.2 Å². The monoisotopic (exact) mass is 1880 g/mol. The number of halogens is 3. The molecule has 0 amide bonds. The smallest absolute Gasteiger partial charge is 0.169 e. The number of para-hydroxylation sites is 15. The summed E-state index contributed by atoms with van der Waals surface area (Å²) in [5.74, 6) is 0. The summed E-state index contributed by atoms with van der Waals surface area (Å²) >= 11 is 6.96. The molecule has 0 fully saturated rings. The number of unbranched alkanes of at least 4 members (excludes halogenated alkanes) is 3. The van der Waals surface area contributed by atoms with Gasteiger partial charge in [-0.2, -0.15) is 0 Å². The molecular formula is C114H109Br3N12+2. The van der Waals surface area contributed by atoms with Crippen molar-refractivity contribution in [1.82, 2.24) is 15.0 Å². The van der Waals surface area contributed by atoms with E-state index >= 15 is 0 Å². The Morgan fingerprint density at radius 3 is 0.667 bits per heavy atom. The number of anilines is 15. The maximum absolute atomic E-state index is 4.11. The summed E-state index contributed by atoms with van der Waals surface area (Å²) in [7, 11) is 0. The fourth-order valence-corrected chi connectivity index (χ4v) is 17.6. The third-order valence-electron chi connectivity index (χ3n) is 23.3. The van der Waals surface area contributed by atoms with Crippen LogP contribution in [0.1, 0.15) is 62.5 Å². The molecule has 17 aromatic rings. The average Bonchev–Trinajstić information content (AvgIpc) is 0.754. The molecule has 0 bridgehead atoms. The van der Waals surface area contributed by atoms with Gasteiger partial charge in [0, 0.05) is 140 Å². The minimum absolute atomic E-state index is 0. The first-order valence-corrected chi connectivity index (χ1v) is 47.1. The number of fused-ring (bicyclic) bond motifs is 6. The van der Waals surface area contributed by atoms with Crippen molar-refractivity contribution in [2.75, 3.05) is 59.7 Å². The lowest BCUT2D eigenvalue weighted by Gasteiger charge is -2.40. The number of nitrogens with zero attached hydrogens (tertiary/aromatic N) is 12. The maximum Gasteiger partial charge on any atom is 0.169 e. The lowest BCUT2D eigenvalue weighted by Crippen LogP contribution is -3.00. The lowest BCUT2D eigenvalue weighted by atomic mass is 10.1. The minimum Gasteiger partial charge on any atom is -1.00 e. The molecule has 6 aromatic heterocycles. The summed E-state index contributed by atoms with van der Waals surface area (Å²) in [4.78, 5) is 26.6. The Labute approximate surface area is 789 Å². The quantitative estimate of drug-likeness (QED) is 0.0284. The van der Waals surface area contributed by atoms with Crippen LogP contribution >= 0.6 is 31.9 Å². The van der Waals surface area contributed by atoms with Gasteiger partial charge in [-0.25, -0.2) is 13.7 Å². The van der Waals surface area contributed by atoms with E-state index in [0.29, 0.717) is 0 Å². The fraction of sp³-hybridized carbons (Fsp3) is 0.158. The molecule has 3 aliphatic rings. The molecule has 0 saturated heterocycles. The molecule has 9 heterocycles. The van der Waals surface area contributed by atoms with E-state index in [9.17, 15) is 0 Å². The first kappa shape index (κ1) is 90.4. The molecular weight excluding hydrogens is 1780 g/mol. The molecule has 15 heteroatoms. The van der Waals surface area contributed by atoms with Crippen LogP contribution in [0.15, 0.2) is 444 Å². The highest BCUT2D eigenvalue weighted by molar-refractivity contribution is 9.09. The van der Waals surface area contributed by atoms with Crippen LogP contribution in [0.2, 0.25) is 0 Å². The molecule has 12 nitrogen and oxygen atoms in total. The van der Waals surface area contributed by atoms with Crippen LogP contribution in [0.5, 0.6) is 0 Å². The molecule has 0 saturated carbocycles. The van der Waals surface area contributed by atoms with Gasteiger partial charge in [0.25, 0.3) is 0 Å². The molecule has 0 spiro atoms. The van der Waals surface area contributed by atoms with Crippen molar-refractivity contribution in [2.45, 2.75) is 83.8 Å². The summed E-state index contributed by atoms with van der Waals surface area (Å²) < 4.78 is 6.87. The van der Waals surface area contributed by atoms with Crippen molar-refractivity contribution in [3.05, 3.63) is 456 Å². The predicted octanol–water partition coefficient (Wildman–Crippen LogP) is 25.3. The number of pyridine rings is 6. The Hall–Kier alpha value is -13.4. The molecule has 3 aliphatic heterocycles. The number of hydrogen-bond acceptors (Lipinski definition) is 9. The Morgan fingerprint density at radius 2 is 0.411 bits per heavy atom. The van der Waals surface area contributed by atoms with Crippen LogP contribution in [0.3, 0.4) is 0 Å². The first-order valence-electron chi connectivity index (χ1n) is 44.8. The third-order valence-corrected chi connectivity index (χ3v) is 24.4. The Morgan fingerprint density at radius 1 is 0.202 bits per heavy atom. The van der Waals surface area contributed by atoms with Gasteiger partial charge in [-0.05, 0) is 235 Å². The summed E-state index contributed by atoms with van der Waals surface area (Å²) in [5, 5.41) is 2.15. The summed E-state index contributed by atoms with van der Waals surface area (Å²) in [6.07, 6.45) is 35.5. The van der Waals surface area contributed by atoms with Crippen molar-refractivity contribution in [3.63, 3.8) is 0 Å². The Balaban J connectivity index is 0.000000135. The van der Waals surface area contributed by atoms with E-state index in [0.717, 1.165) is 88.5 Å². The number of rotatable bonds is 27. The topological polar surface area (TPSA) is 69.8 Å². The molecule has 11 aromatic carbocycles. The van der Waals surface area contributed by atoms with E-state index in [2.05, 4.69) is 461 Å². The van der Waals surface area contributed by atoms with E-state index < -0.39 is 0 Å². The second-order valence-corrected chi connectivity index (χ2v) is 33.3. The number of benzene rings is 11. The van der Waals surface area contributed by atoms with Gasteiger partial charge in [0.2, 0.25) is 0 Å². The second-order valence-electron chi connectivity index (χ2n) is 31.8. The predicted molar refractivity (Wildman–Crippen MR) is 539 cm³/mol. The Kier molecular flexibility index (Phi) is 33.2. The van der Waals surface area contributed by atoms with E-state index in [4.69, 9.17) is 0 Å². The standard InChI is InChI=1S/C41H40N4.C32H29N4.C22H21BrN2.C10H8N2.C9H11Br.BrH/c1-3-14-34(15-4-1)16-13-28-43-32-25-36(26-33-43)35-23-30-42(31-24-35)27-11-12-29-44-38-19-7-9-21-40(38)45(37-17-5-2-6-18-37)41-22-10-8-20-39(41)44;1-2-10-28(11-3-1)36-31-14-6-4-12-29(31)35(30-13-5-7-15-32(30)36)23-9-8-22-34-24-18-27(19-25-34)26-16-20-33-21-17-26;23-16-8-9-17-24-19-12-4-6-14-21(19)25(18-10-2-1-3-11-18)22-15-7-5-13-20(22)24;1-5-11-6-2-9(1)10-3-7-12-8-4-10;10-8-4-7-9-5-2-1-3-6-9;/h1-10,14-15,17-26,30-33H,11-13,16,27-29H2;1-7,10-21,24-25H,8-9,22-23H2;1-7,10-15H,8-9,16-17H2;1-8H;1-3,5-6H,4,7-8H2;1H/q+2;+1;;;;/p-1. The molecule has 0 unspecified atom stereocenters. The minimum atomic E-state index is 0. The summed E-state index contributed by atoms with van der Waals surface area (Å²) in [6, 6.07) is 131. The van der Waals surface area contributed by atoms with Crippen LogP contribution in [0.25, 0.3) is 33.4 Å². The molecule has 0 radical (unpaired) electrons. The van der Waals surface area contributed by atoms with Gasteiger partial charge in [-0.3, -0.25) is 15.0 Å². The van der Waals surface area contributed by atoms with Crippen LogP contribution < -0.4 is 60.1 Å². The van der Waals surface area contributed by atoms with Crippen molar-refractivity contribution in [3.8, 4) is 33.4 Å². The first-order chi connectivity index (χ1) is 63.5. The largest absolute Gasteiger partial charge is 1.00 e.